The van der Waals surface area contributed by atoms with Gasteiger partial charge in [0.15, 0.2) is 0 Å². The maximum absolute atomic E-state index is 14.1. The third-order valence-electron chi connectivity index (χ3n) is 5.33. The molecule has 1 heterocycles. The third kappa shape index (κ3) is 4.28. The van der Waals surface area contributed by atoms with Crippen LogP contribution in [0.5, 0.6) is 0 Å². The molecule has 2 fully saturated rings. The highest BCUT2D eigenvalue weighted by molar-refractivity contribution is 5.79. The van der Waals surface area contributed by atoms with Gasteiger partial charge in [-0.2, -0.15) is 5.26 Å². The summed E-state index contributed by atoms with van der Waals surface area (Å²) >= 11 is 0. The van der Waals surface area contributed by atoms with Gasteiger partial charge in [0.2, 0.25) is 5.91 Å². The van der Waals surface area contributed by atoms with Crippen molar-refractivity contribution >= 4 is 11.6 Å². The van der Waals surface area contributed by atoms with Gasteiger partial charge in [0.1, 0.15) is 12.0 Å². The number of amides is 1. The molecule has 134 valence electrons. The lowest BCUT2D eigenvalue weighted by atomic mass is 9.95. The highest BCUT2D eigenvalue weighted by atomic mass is 19.1. The number of nitriles is 1. The first-order chi connectivity index (χ1) is 12.1. The predicted molar refractivity (Wildman–Crippen MR) is 91.3 cm³/mol. The molecule has 2 aliphatic rings. The van der Waals surface area contributed by atoms with Crippen molar-refractivity contribution in [3.05, 3.63) is 29.6 Å². The van der Waals surface area contributed by atoms with Crippen LogP contribution in [0.1, 0.15) is 37.7 Å². The minimum Gasteiger partial charge on any atom is -0.369 e. The Hall–Kier alpha value is -2.16. The summed E-state index contributed by atoms with van der Waals surface area (Å²) in [6.45, 7) is 1.78. The Morgan fingerprint density at radius 2 is 2.04 bits per heavy atom. The van der Waals surface area contributed by atoms with Crippen LogP contribution in [0.3, 0.4) is 0 Å². The molecule has 0 spiro atoms. The summed E-state index contributed by atoms with van der Waals surface area (Å²) in [5.41, 5.74) is 0.788. The van der Waals surface area contributed by atoms with Crippen LogP contribution >= 0.6 is 0 Å². The maximum Gasteiger partial charge on any atom is 0.223 e. The van der Waals surface area contributed by atoms with Gasteiger partial charge >= 0.3 is 0 Å². The van der Waals surface area contributed by atoms with Crippen LogP contribution in [0, 0.1) is 29.0 Å². The second-order valence-corrected chi connectivity index (χ2v) is 7.06. The van der Waals surface area contributed by atoms with Crippen molar-refractivity contribution in [3.63, 3.8) is 0 Å². The normalized spacial score (nSPS) is 24.1. The minimum atomic E-state index is -0.715. The van der Waals surface area contributed by atoms with Gasteiger partial charge in [0.25, 0.3) is 0 Å². The zero-order valence-electron chi connectivity index (χ0n) is 14.2. The van der Waals surface area contributed by atoms with Crippen LogP contribution in [-0.2, 0) is 4.79 Å². The summed E-state index contributed by atoms with van der Waals surface area (Å²) in [7, 11) is 0. The average molecular weight is 347 g/mol. The number of nitrogens with one attached hydrogen (secondary N) is 1. The maximum atomic E-state index is 14.1. The summed E-state index contributed by atoms with van der Waals surface area (Å²) in [4.78, 5) is 14.2. The molecule has 1 aliphatic heterocycles. The minimum absolute atomic E-state index is 0.0299. The molecule has 1 amide bonds. The van der Waals surface area contributed by atoms with Gasteiger partial charge in [-0.1, -0.05) is 0 Å². The number of benzene rings is 1. The molecule has 1 aromatic carbocycles. The van der Waals surface area contributed by atoms with E-state index in [1.807, 2.05) is 11.0 Å². The van der Waals surface area contributed by atoms with E-state index in [1.54, 1.807) is 12.1 Å². The Balaban J connectivity index is 1.48. The van der Waals surface area contributed by atoms with Gasteiger partial charge in [0, 0.05) is 25.6 Å². The number of alkyl halides is 1. The molecule has 1 aromatic rings. The lowest BCUT2D eigenvalue weighted by Gasteiger charge is -2.33. The molecule has 1 saturated carbocycles. The molecule has 1 N–H and O–H groups in total. The van der Waals surface area contributed by atoms with E-state index in [-0.39, 0.29) is 17.7 Å². The largest absolute Gasteiger partial charge is 0.369 e. The lowest BCUT2D eigenvalue weighted by molar-refractivity contribution is -0.125. The Morgan fingerprint density at radius 1 is 1.28 bits per heavy atom. The molecule has 6 heteroatoms. The van der Waals surface area contributed by atoms with Crippen LogP contribution in [0.4, 0.5) is 14.5 Å². The molecule has 0 bridgehead atoms. The highest BCUT2D eigenvalue weighted by Gasteiger charge is 2.28. The van der Waals surface area contributed by atoms with E-state index in [9.17, 15) is 13.6 Å². The molecule has 0 radical (unpaired) electrons. The number of hydrogen-bond donors (Lipinski definition) is 1. The van der Waals surface area contributed by atoms with Crippen molar-refractivity contribution in [3.8, 4) is 6.07 Å². The standard InChI is InChI=1S/C19H23F2N3O/c20-16-3-1-14(9-16)12-23-19(25)15-5-7-24(8-6-15)18-4-2-13(11-22)10-17(18)21/h2,4,10,14-16H,1,3,5-9,12H2,(H,23,25). The zero-order valence-corrected chi connectivity index (χ0v) is 14.2. The fraction of sp³-hybridized carbons (Fsp3) is 0.579. The van der Waals surface area contributed by atoms with E-state index in [4.69, 9.17) is 5.26 Å². The Morgan fingerprint density at radius 3 is 2.64 bits per heavy atom. The molecule has 2 unspecified atom stereocenters. The number of rotatable bonds is 4. The van der Waals surface area contributed by atoms with E-state index in [2.05, 4.69) is 5.32 Å². The van der Waals surface area contributed by atoms with Crippen LogP contribution in [0.15, 0.2) is 18.2 Å². The molecule has 1 saturated heterocycles. The second-order valence-electron chi connectivity index (χ2n) is 7.06. The van der Waals surface area contributed by atoms with Gasteiger partial charge < -0.3 is 10.2 Å². The zero-order chi connectivity index (χ0) is 17.8. The summed E-state index contributed by atoms with van der Waals surface area (Å²) in [5, 5.41) is 11.8. The number of halogens is 2. The predicted octanol–water partition coefficient (Wildman–Crippen LogP) is 3.17. The number of carbonyl (C=O) groups excluding carboxylic acids is 1. The van der Waals surface area contributed by atoms with Gasteiger partial charge in [-0.15, -0.1) is 0 Å². The first-order valence-electron chi connectivity index (χ1n) is 8.93. The summed E-state index contributed by atoms with van der Waals surface area (Å²) < 4.78 is 27.3. The topological polar surface area (TPSA) is 56.1 Å². The van der Waals surface area contributed by atoms with Crippen LogP contribution in [-0.4, -0.2) is 31.7 Å². The van der Waals surface area contributed by atoms with Crippen LogP contribution < -0.4 is 10.2 Å². The van der Waals surface area contributed by atoms with Crippen LogP contribution in [0.25, 0.3) is 0 Å². The quantitative estimate of drug-likeness (QED) is 0.910. The first-order valence-corrected chi connectivity index (χ1v) is 8.93. The first kappa shape index (κ1) is 17.7. The number of anilines is 1. The van der Waals surface area contributed by atoms with E-state index < -0.39 is 12.0 Å². The summed E-state index contributed by atoms with van der Waals surface area (Å²) in [6.07, 6.45) is 2.62. The second kappa shape index (κ2) is 7.81. The van der Waals surface area contributed by atoms with Crippen molar-refractivity contribution in [1.82, 2.24) is 5.32 Å². The number of nitrogens with zero attached hydrogens (tertiary/aromatic N) is 2. The summed E-state index contributed by atoms with van der Waals surface area (Å²) in [6, 6.07) is 6.40. The molecular formula is C19H23F2N3O. The van der Waals surface area contributed by atoms with Crippen molar-refractivity contribution in [2.45, 2.75) is 38.3 Å². The van der Waals surface area contributed by atoms with Crippen molar-refractivity contribution < 1.29 is 13.6 Å². The Bertz CT molecular complexity index is 665. The van der Waals surface area contributed by atoms with E-state index >= 15 is 0 Å². The smallest absolute Gasteiger partial charge is 0.223 e. The number of carbonyl (C=O) groups is 1. The molecule has 1 aliphatic carbocycles. The van der Waals surface area contributed by atoms with Gasteiger partial charge in [0.05, 0.1) is 17.3 Å². The monoisotopic (exact) mass is 347 g/mol. The molecule has 2 atom stereocenters. The van der Waals surface area contributed by atoms with E-state index in [0.717, 1.165) is 6.42 Å². The highest BCUT2D eigenvalue weighted by Crippen LogP contribution is 2.28. The van der Waals surface area contributed by atoms with Crippen molar-refractivity contribution in [2.24, 2.45) is 11.8 Å². The number of hydrogen-bond acceptors (Lipinski definition) is 3. The SMILES string of the molecule is N#Cc1ccc(N2CCC(C(=O)NCC3CCC(F)C3)CC2)c(F)c1. The van der Waals surface area contributed by atoms with Gasteiger partial charge in [-0.25, -0.2) is 8.78 Å². The molecule has 25 heavy (non-hydrogen) atoms. The van der Waals surface area contributed by atoms with Crippen molar-refractivity contribution in [2.75, 3.05) is 24.5 Å². The van der Waals surface area contributed by atoms with E-state index in [1.165, 1.54) is 6.07 Å². The summed E-state index contributed by atoms with van der Waals surface area (Å²) in [5.74, 6) is -0.182. The molecule has 4 nitrogen and oxygen atoms in total. The fourth-order valence-electron chi connectivity index (χ4n) is 3.80. The van der Waals surface area contributed by atoms with Gasteiger partial charge in [-0.3, -0.25) is 4.79 Å². The lowest BCUT2D eigenvalue weighted by Crippen LogP contribution is -2.41. The molecule has 0 aromatic heterocycles. The average Bonchev–Trinajstić information content (AvgIpc) is 3.05. The van der Waals surface area contributed by atoms with Crippen LogP contribution in [0.2, 0.25) is 0 Å². The molecule has 3 rings (SSSR count). The number of piperidine rings is 1. The van der Waals surface area contributed by atoms with E-state index in [0.29, 0.717) is 56.6 Å². The third-order valence-corrected chi connectivity index (χ3v) is 5.33. The molecular weight excluding hydrogens is 324 g/mol. The Labute approximate surface area is 146 Å². The Kier molecular flexibility index (Phi) is 5.52. The van der Waals surface area contributed by atoms with Gasteiger partial charge in [-0.05, 0) is 56.2 Å². The van der Waals surface area contributed by atoms with Crippen molar-refractivity contribution in [1.29, 1.82) is 5.26 Å². The fourth-order valence-corrected chi connectivity index (χ4v) is 3.80.